The SMILES string of the molecule is Cc1ccc(CN2CC(C)NC(=O)c3ccccc32)nc1. The van der Waals surface area contributed by atoms with Gasteiger partial charge in [-0.05, 0) is 37.6 Å². The maximum Gasteiger partial charge on any atom is 0.253 e. The molecule has 0 spiro atoms. The van der Waals surface area contributed by atoms with E-state index in [1.54, 1.807) is 0 Å². The Hall–Kier alpha value is -2.36. The lowest BCUT2D eigenvalue weighted by atomic mass is 10.1. The second-order valence-corrected chi connectivity index (χ2v) is 5.60. The fraction of sp³-hybridized carbons (Fsp3) is 0.294. The molecule has 0 bridgehead atoms. The Morgan fingerprint density at radius 1 is 1.29 bits per heavy atom. The van der Waals surface area contributed by atoms with Gasteiger partial charge in [0.2, 0.25) is 0 Å². The van der Waals surface area contributed by atoms with Crippen molar-refractivity contribution >= 4 is 11.6 Å². The van der Waals surface area contributed by atoms with Crippen molar-refractivity contribution in [3.05, 3.63) is 59.4 Å². The van der Waals surface area contributed by atoms with Crippen molar-refractivity contribution < 1.29 is 4.79 Å². The van der Waals surface area contributed by atoms with E-state index in [9.17, 15) is 4.79 Å². The minimum Gasteiger partial charge on any atom is -0.363 e. The summed E-state index contributed by atoms with van der Waals surface area (Å²) in [6.07, 6.45) is 1.88. The summed E-state index contributed by atoms with van der Waals surface area (Å²) in [7, 11) is 0. The molecule has 2 aromatic rings. The van der Waals surface area contributed by atoms with Gasteiger partial charge in [0.1, 0.15) is 0 Å². The van der Waals surface area contributed by atoms with Gasteiger partial charge in [-0.3, -0.25) is 9.78 Å². The zero-order valence-corrected chi connectivity index (χ0v) is 12.3. The van der Waals surface area contributed by atoms with Gasteiger partial charge in [-0.1, -0.05) is 18.2 Å². The fourth-order valence-electron chi connectivity index (χ4n) is 2.65. The minimum atomic E-state index is -0.00235. The molecule has 108 valence electrons. The highest BCUT2D eigenvalue weighted by Crippen LogP contribution is 2.24. The summed E-state index contributed by atoms with van der Waals surface area (Å²) in [5.41, 5.74) is 3.87. The number of hydrogen-bond acceptors (Lipinski definition) is 3. The Bertz CT molecular complexity index is 651. The van der Waals surface area contributed by atoms with E-state index in [2.05, 4.69) is 21.3 Å². The molecule has 0 radical (unpaired) electrons. The third-order valence-electron chi connectivity index (χ3n) is 3.69. The monoisotopic (exact) mass is 281 g/mol. The van der Waals surface area contributed by atoms with Crippen LogP contribution in [0.1, 0.15) is 28.5 Å². The van der Waals surface area contributed by atoms with Crippen LogP contribution in [-0.2, 0) is 6.54 Å². The Kier molecular flexibility index (Phi) is 3.60. The number of nitrogens with zero attached hydrogens (tertiary/aromatic N) is 2. The number of pyridine rings is 1. The average Bonchev–Trinajstić information content (AvgIpc) is 2.59. The van der Waals surface area contributed by atoms with Crippen LogP contribution in [0.3, 0.4) is 0 Å². The van der Waals surface area contributed by atoms with Crippen LogP contribution in [0.5, 0.6) is 0 Å². The van der Waals surface area contributed by atoms with Gasteiger partial charge < -0.3 is 10.2 Å². The van der Waals surface area contributed by atoms with E-state index in [-0.39, 0.29) is 11.9 Å². The maximum absolute atomic E-state index is 12.2. The third-order valence-corrected chi connectivity index (χ3v) is 3.69. The maximum atomic E-state index is 12.2. The van der Waals surface area contributed by atoms with Crippen molar-refractivity contribution in [2.24, 2.45) is 0 Å². The van der Waals surface area contributed by atoms with Crippen LogP contribution in [0.15, 0.2) is 42.6 Å². The number of carbonyl (C=O) groups excluding carboxylic acids is 1. The molecular weight excluding hydrogens is 262 g/mol. The van der Waals surface area contributed by atoms with Crippen LogP contribution in [0, 0.1) is 6.92 Å². The van der Waals surface area contributed by atoms with Crippen LogP contribution in [0.25, 0.3) is 0 Å². The number of para-hydroxylation sites is 1. The predicted octanol–water partition coefficient (Wildman–Crippen LogP) is 2.53. The quantitative estimate of drug-likeness (QED) is 0.920. The largest absolute Gasteiger partial charge is 0.363 e. The molecule has 0 fully saturated rings. The van der Waals surface area contributed by atoms with E-state index in [0.29, 0.717) is 6.54 Å². The molecule has 1 aliphatic heterocycles. The normalized spacial score (nSPS) is 17.9. The van der Waals surface area contributed by atoms with E-state index >= 15 is 0 Å². The second kappa shape index (κ2) is 5.56. The highest BCUT2D eigenvalue weighted by atomic mass is 16.1. The molecule has 1 aromatic heterocycles. The number of fused-ring (bicyclic) bond motifs is 1. The van der Waals surface area contributed by atoms with Crippen molar-refractivity contribution in [3.8, 4) is 0 Å². The van der Waals surface area contributed by atoms with Crippen molar-refractivity contribution in [1.29, 1.82) is 0 Å². The summed E-state index contributed by atoms with van der Waals surface area (Å²) < 4.78 is 0. The van der Waals surface area contributed by atoms with Crippen molar-refractivity contribution in [2.75, 3.05) is 11.4 Å². The molecule has 21 heavy (non-hydrogen) atoms. The first-order valence-electron chi connectivity index (χ1n) is 7.20. The highest BCUT2D eigenvalue weighted by Gasteiger charge is 2.23. The van der Waals surface area contributed by atoms with Crippen LogP contribution in [0.2, 0.25) is 0 Å². The second-order valence-electron chi connectivity index (χ2n) is 5.60. The molecule has 0 saturated heterocycles. The molecule has 3 rings (SSSR count). The number of carbonyl (C=O) groups is 1. The molecule has 4 nitrogen and oxygen atoms in total. The van der Waals surface area contributed by atoms with Crippen molar-refractivity contribution in [1.82, 2.24) is 10.3 Å². The molecule has 0 aliphatic carbocycles. The Morgan fingerprint density at radius 3 is 2.86 bits per heavy atom. The zero-order chi connectivity index (χ0) is 14.8. The number of rotatable bonds is 2. The van der Waals surface area contributed by atoms with Crippen LogP contribution >= 0.6 is 0 Å². The summed E-state index contributed by atoms with van der Waals surface area (Å²) in [6, 6.07) is 12.0. The minimum absolute atomic E-state index is 0.00235. The lowest BCUT2D eigenvalue weighted by Gasteiger charge is -2.25. The van der Waals surface area contributed by atoms with Gasteiger partial charge in [0.15, 0.2) is 0 Å². The summed E-state index contributed by atoms with van der Waals surface area (Å²) >= 11 is 0. The molecule has 0 saturated carbocycles. The number of benzene rings is 1. The van der Waals surface area contributed by atoms with Crippen molar-refractivity contribution in [2.45, 2.75) is 26.4 Å². The highest BCUT2D eigenvalue weighted by molar-refractivity contribution is 6.00. The van der Waals surface area contributed by atoms with E-state index in [0.717, 1.165) is 29.1 Å². The van der Waals surface area contributed by atoms with Gasteiger partial charge in [0.25, 0.3) is 5.91 Å². The first-order valence-corrected chi connectivity index (χ1v) is 7.20. The summed E-state index contributed by atoms with van der Waals surface area (Å²) in [5, 5.41) is 3.02. The third kappa shape index (κ3) is 2.89. The summed E-state index contributed by atoms with van der Waals surface area (Å²) in [4.78, 5) is 18.9. The summed E-state index contributed by atoms with van der Waals surface area (Å²) in [6.45, 7) is 5.54. The average molecular weight is 281 g/mol. The number of hydrogen-bond donors (Lipinski definition) is 1. The number of anilines is 1. The van der Waals surface area contributed by atoms with Gasteiger partial charge >= 0.3 is 0 Å². The standard InChI is InChI=1S/C17H19N3O/c1-12-7-8-14(18-9-12)11-20-10-13(2)19-17(21)15-5-3-4-6-16(15)20/h3-9,13H,10-11H2,1-2H3,(H,19,21). The van der Waals surface area contributed by atoms with Crippen LogP contribution in [0.4, 0.5) is 5.69 Å². The Labute approximate surface area is 124 Å². The molecule has 4 heteroatoms. The Balaban J connectivity index is 1.94. The smallest absolute Gasteiger partial charge is 0.253 e. The fourth-order valence-corrected chi connectivity index (χ4v) is 2.65. The number of aryl methyl sites for hydroxylation is 1. The first kappa shape index (κ1) is 13.6. The van der Waals surface area contributed by atoms with Crippen molar-refractivity contribution in [3.63, 3.8) is 0 Å². The van der Waals surface area contributed by atoms with Crippen LogP contribution < -0.4 is 10.2 Å². The molecule has 1 aromatic carbocycles. The Morgan fingerprint density at radius 2 is 2.10 bits per heavy atom. The van der Waals surface area contributed by atoms with Gasteiger partial charge in [0.05, 0.1) is 17.8 Å². The molecule has 1 aliphatic rings. The first-order chi connectivity index (χ1) is 10.1. The van der Waals surface area contributed by atoms with Gasteiger partial charge in [-0.15, -0.1) is 0 Å². The molecule has 1 atom stereocenters. The van der Waals surface area contributed by atoms with E-state index in [1.165, 1.54) is 0 Å². The lowest BCUT2D eigenvalue weighted by molar-refractivity contribution is 0.0945. The van der Waals surface area contributed by atoms with E-state index in [1.807, 2.05) is 50.4 Å². The van der Waals surface area contributed by atoms with E-state index < -0.39 is 0 Å². The molecule has 1 unspecified atom stereocenters. The molecular formula is C17H19N3O. The zero-order valence-electron chi connectivity index (χ0n) is 12.3. The molecule has 1 N–H and O–H groups in total. The molecule has 2 heterocycles. The van der Waals surface area contributed by atoms with Gasteiger partial charge in [-0.2, -0.15) is 0 Å². The number of nitrogens with one attached hydrogen (secondary N) is 1. The summed E-state index contributed by atoms with van der Waals surface area (Å²) in [5.74, 6) is -0.00235. The molecule has 1 amide bonds. The van der Waals surface area contributed by atoms with Gasteiger partial charge in [0, 0.05) is 24.5 Å². The van der Waals surface area contributed by atoms with Gasteiger partial charge in [-0.25, -0.2) is 0 Å². The van der Waals surface area contributed by atoms with Crippen LogP contribution in [-0.4, -0.2) is 23.5 Å². The lowest BCUT2D eigenvalue weighted by Crippen LogP contribution is -2.38. The topological polar surface area (TPSA) is 45.2 Å². The number of aromatic nitrogens is 1. The predicted molar refractivity (Wildman–Crippen MR) is 83.4 cm³/mol. The van der Waals surface area contributed by atoms with E-state index in [4.69, 9.17) is 0 Å². The number of amides is 1.